The van der Waals surface area contributed by atoms with Gasteiger partial charge in [-0.3, -0.25) is 9.59 Å². The molecule has 35 heavy (non-hydrogen) atoms. The molecule has 0 fully saturated rings. The fraction of sp³-hybridized carbons (Fsp3) is 0.192. The summed E-state index contributed by atoms with van der Waals surface area (Å²) in [7, 11) is 0. The lowest BCUT2D eigenvalue weighted by molar-refractivity contribution is -0.137. The van der Waals surface area contributed by atoms with E-state index in [9.17, 15) is 18.8 Å². The molecule has 180 valence electrons. The van der Waals surface area contributed by atoms with E-state index in [4.69, 9.17) is 21.4 Å². The van der Waals surface area contributed by atoms with Crippen LogP contribution in [-0.4, -0.2) is 35.7 Å². The number of amides is 2. The molecule has 1 aliphatic rings. The highest BCUT2D eigenvalue weighted by Crippen LogP contribution is 2.44. The van der Waals surface area contributed by atoms with Crippen molar-refractivity contribution in [3.05, 3.63) is 88.7 Å². The molecule has 0 spiro atoms. The van der Waals surface area contributed by atoms with E-state index in [1.807, 2.05) is 48.5 Å². The summed E-state index contributed by atoms with van der Waals surface area (Å²) >= 11 is 5.88. The number of ether oxygens (including phenoxy) is 1. The first-order valence-corrected chi connectivity index (χ1v) is 11.3. The number of carbonyl (C=O) groups is 3. The molecule has 2 amide bonds. The molecule has 0 aromatic heterocycles. The van der Waals surface area contributed by atoms with Crippen LogP contribution in [0.4, 0.5) is 14.9 Å². The third-order valence-electron chi connectivity index (χ3n) is 5.81. The molecule has 0 aliphatic heterocycles. The Morgan fingerprint density at radius 1 is 0.971 bits per heavy atom. The lowest BCUT2D eigenvalue weighted by Crippen LogP contribution is -2.44. The molecule has 9 heteroatoms. The van der Waals surface area contributed by atoms with Gasteiger partial charge < -0.3 is 20.5 Å². The monoisotopic (exact) mass is 496 g/mol. The molecular formula is C26H22ClFN2O5. The van der Waals surface area contributed by atoms with Gasteiger partial charge in [-0.15, -0.1) is 0 Å². The number of carbonyl (C=O) groups excluding carboxylic acids is 2. The van der Waals surface area contributed by atoms with Crippen LogP contribution in [0.15, 0.2) is 66.7 Å². The van der Waals surface area contributed by atoms with Crippen LogP contribution in [0.2, 0.25) is 5.02 Å². The zero-order chi connectivity index (χ0) is 24.9. The second kappa shape index (κ2) is 10.6. The highest BCUT2D eigenvalue weighted by molar-refractivity contribution is 6.33. The Balaban J connectivity index is 1.44. The maximum atomic E-state index is 13.7. The van der Waals surface area contributed by atoms with Crippen LogP contribution >= 0.6 is 11.6 Å². The van der Waals surface area contributed by atoms with E-state index < -0.39 is 29.8 Å². The van der Waals surface area contributed by atoms with Crippen molar-refractivity contribution in [3.8, 4) is 11.1 Å². The van der Waals surface area contributed by atoms with Crippen molar-refractivity contribution in [1.29, 1.82) is 0 Å². The summed E-state index contributed by atoms with van der Waals surface area (Å²) in [5, 5.41) is 13.6. The summed E-state index contributed by atoms with van der Waals surface area (Å²) in [6.07, 6.45) is -1.44. The molecule has 0 bridgehead atoms. The van der Waals surface area contributed by atoms with Gasteiger partial charge in [0.2, 0.25) is 5.91 Å². The summed E-state index contributed by atoms with van der Waals surface area (Å²) in [4.78, 5) is 36.4. The van der Waals surface area contributed by atoms with Crippen molar-refractivity contribution in [2.75, 3.05) is 11.9 Å². The average molecular weight is 497 g/mol. The second-order valence-electron chi connectivity index (χ2n) is 8.05. The summed E-state index contributed by atoms with van der Waals surface area (Å²) in [6.45, 7) is 0.0306. The number of nitrogens with one attached hydrogen (secondary N) is 2. The standard InChI is InChI=1S/C26H22ClFN2O5/c27-24-20(28)10-5-11-21(24)29-25(33)22(12-13-23(31)32)30-26(34)35-14-19-17-8-3-1-6-15(17)16-7-2-4-9-18(16)19/h1-11,19,22H,12-14H2,(H,29,33)(H,30,34)(H,31,32). The fourth-order valence-corrected chi connectivity index (χ4v) is 4.31. The van der Waals surface area contributed by atoms with Gasteiger partial charge in [-0.1, -0.05) is 66.2 Å². The lowest BCUT2D eigenvalue weighted by atomic mass is 9.98. The number of hydrogen-bond acceptors (Lipinski definition) is 4. The van der Waals surface area contributed by atoms with Gasteiger partial charge in [0.15, 0.2) is 0 Å². The van der Waals surface area contributed by atoms with Crippen LogP contribution < -0.4 is 10.6 Å². The molecule has 0 heterocycles. The van der Waals surface area contributed by atoms with Gasteiger partial charge in [0.25, 0.3) is 0 Å². The highest BCUT2D eigenvalue weighted by atomic mass is 35.5. The number of anilines is 1. The number of carboxylic acid groups (broad SMARTS) is 1. The largest absolute Gasteiger partial charge is 0.481 e. The van der Waals surface area contributed by atoms with E-state index in [1.54, 1.807) is 0 Å². The first-order chi connectivity index (χ1) is 16.8. The van der Waals surface area contributed by atoms with Crippen LogP contribution in [0.1, 0.15) is 29.9 Å². The van der Waals surface area contributed by atoms with Gasteiger partial charge in [0, 0.05) is 12.3 Å². The number of halogens is 2. The third-order valence-corrected chi connectivity index (χ3v) is 6.19. The molecule has 3 N–H and O–H groups in total. The molecule has 0 radical (unpaired) electrons. The highest BCUT2D eigenvalue weighted by Gasteiger charge is 2.30. The molecular weight excluding hydrogens is 475 g/mol. The summed E-state index contributed by atoms with van der Waals surface area (Å²) in [6, 6.07) is 18.4. The minimum absolute atomic E-state index is 0.00586. The molecule has 1 atom stereocenters. The van der Waals surface area contributed by atoms with Gasteiger partial charge in [0.05, 0.1) is 10.7 Å². The minimum atomic E-state index is -1.24. The summed E-state index contributed by atoms with van der Waals surface area (Å²) in [5.74, 6) is -2.78. The maximum Gasteiger partial charge on any atom is 0.407 e. The predicted octanol–water partition coefficient (Wildman–Crippen LogP) is 5.19. The molecule has 3 aromatic carbocycles. The topological polar surface area (TPSA) is 105 Å². The number of rotatable bonds is 8. The van der Waals surface area contributed by atoms with E-state index in [-0.39, 0.29) is 36.1 Å². The normalized spacial score (nSPS) is 12.9. The van der Waals surface area contributed by atoms with E-state index in [0.717, 1.165) is 28.3 Å². The van der Waals surface area contributed by atoms with Crippen LogP contribution in [0.3, 0.4) is 0 Å². The Kier molecular flexibility index (Phi) is 7.31. The van der Waals surface area contributed by atoms with Gasteiger partial charge in [0.1, 0.15) is 18.5 Å². The second-order valence-corrected chi connectivity index (χ2v) is 8.42. The Bertz CT molecular complexity index is 1240. The average Bonchev–Trinajstić information content (AvgIpc) is 3.17. The zero-order valence-electron chi connectivity index (χ0n) is 18.5. The molecule has 1 unspecified atom stereocenters. The number of alkyl carbamates (subject to hydrolysis) is 1. The molecule has 3 aromatic rings. The fourth-order valence-electron chi connectivity index (χ4n) is 4.14. The SMILES string of the molecule is O=C(O)CCC(NC(=O)OCC1c2ccccc2-c2ccccc21)C(=O)Nc1cccc(F)c1Cl. The first kappa shape index (κ1) is 24.2. The summed E-state index contributed by atoms with van der Waals surface area (Å²) < 4.78 is 19.2. The lowest BCUT2D eigenvalue weighted by Gasteiger charge is -2.19. The van der Waals surface area contributed by atoms with Crippen molar-refractivity contribution in [2.24, 2.45) is 0 Å². The number of aliphatic carboxylic acids is 1. The van der Waals surface area contributed by atoms with Gasteiger partial charge in [-0.25, -0.2) is 9.18 Å². The quantitative estimate of drug-likeness (QED) is 0.398. The van der Waals surface area contributed by atoms with E-state index >= 15 is 0 Å². The van der Waals surface area contributed by atoms with Crippen molar-refractivity contribution in [2.45, 2.75) is 24.8 Å². The van der Waals surface area contributed by atoms with Crippen LogP contribution in [0.5, 0.6) is 0 Å². The van der Waals surface area contributed by atoms with Crippen molar-refractivity contribution in [3.63, 3.8) is 0 Å². The number of benzene rings is 3. The van der Waals surface area contributed by atoms with Crippen molar-refractivity contribution >= 4 is 35.3 Å². The van der Waals surface area contributed by atoms with Crippen molar-refractivity contribution in [1.82, 2.24) is 5.32 Å². The smallest absolute Gasteiger partial charge is 0.407 e. The van der Waals surface area contributed by atoms with Gasteiger partial charge in [-0.05, 0) is 40.8 Å². The summed E-state index contributed by atoms with van der Waals surface area (Å²) in [5.41, 5.74) is 4.21. The molecule has 0 saturated heterocycles. The Hall–Kier alpha value is -3.91. The third kappa shape index (κ3) is 5.44. The van der Waals surface area contributed by atoms with E-state index in [2.05, 4.69) is 10.6 Å². The van der Waals surface area contributed by atoms with Crippen LogP contribution in [0, 0.1) is 5.82 Å². The van der Waals surface area contributed by atoms with Gasteiger partial charge >= 0.3 is 12.1 Å². The van der Waals surface area contributed by atoms with Crippen LogP contribution in [0.25, 0.3) is 11.1 Å². The number of hydrogen-bond donors (Lipinski definition) is 3. The van der Waals surface area contributed by atoms with Crippen molar-refractivity contribution < 1.29 is 28.6 Å². The minimum Gasteiger partial charge on any atom is -0.481 e. The molecule has 7 nitrogen and oxygen atoms in total. The number of carboxylic acids is 1. The number of fused-ring (bicyclic) bond motifs is 3. The molecule has 4 rings (SSSR count). The van der Waals surface area contributed by atoms with Gasteiger partial charge in [-0.2, -0.15) is 0 Å². The van der Waals surface area contributed by atoms with Crippen LogP contribution in [-0.2, 0) is 14.3 Å². The van der Waals surface area contributed by atoms with E-state index in [0.29, 0.717) is 0 Å². The first-order valence-electron chi connectivity index (χ1n) is 10.9. The maximum absolute atomic E-state index is 13.7. The van der Waals surface area contributed by atoms with E-state index in [1.165, 1.54) is 12.1 Å². The Labute approximate surface area is 205 Å². The predicted molar refractivity (Wildman–Crippen MR) is 129 cm³/mol. The molecule has 1 aliphatic carbocycles. The Morgan fingerprint density at radius 3 is 2.23 bits per heavy atom. The Morgan fingerprint density at radius 2 is 1.60 bits per heavy atom. The zero-order valence-corrected chi connectivity index (χ0v) is 19.2. The molecule has 0 saturated carbocycles.